The largest absolute Gasteiger partial charge is 0.341 e. The molecule has 0 unspecified atom stereocenters. The van der Waals surface area contributed by atoms with Gasteiger partial charge in [0.15, 0.2) is 0 Å². The summed E-state index contributed by atoms with van der Waals surface area (Å²) in [6, 6.07) is 14.4. The molecule has 0 spiro atoms. The quantitative estimate of drug-likeness (QED) is 0.573. The molecular weight excluding hydrogens is 284 g/mol. The molecule has 1 aromatic carbocycles. The van der Waals surface area contributed by atoms with E-state index in [-0.39, 0.29) is 0 Å². The molecule has 23 heavy (non-hydrogen) atoms. The third-order valence-corrected chi connectivity index (χ3v) is 3.94. The van der Waals surface area contributed by atoms with E-state index in [2.05, 4.69) is 57.8 Å². The van der Waals surface area contributed by atoms with Gasteiger partial charge in [0, 0.05) is 36.9 Å². The fraction of sp³-hybridized carbons (Fsp3) is 0.0526. The first-order valence-electron chi connectivity index (χ1n) is 7.50. The average Bonchev–Trinajstić information content (AvgIpc) is 3.24. The predicted molar refractivity (Wildman–Crippen MR) is 92.5 cm³/mol. The second-order valence-corrected chi connectivity index (χ2v) is 5.40. The molecule has 3 heterocycles. The molecule has 3 aromatic heterocycles. The van der Waals surface area contributed by atoms with Crippen LogP contribution in [-0.4, -0.2) is 19.3 Å². The Balaban J connectivity index is 1.67. The van der Waals surface area contributed by atoms with Crippen molar-refractivity contribution in [3.63, 3.8) is 0 Å². The summed E-state index contributed by atoms with van der Waals surface area (Å²) in [6.07, 6.45) is 9.50. The van der Waals surface area contributed by atoms with Crippen LogP contribution in [0.3, 0.4) is 0 Å². The molecule has 112 valence electrons. The SMILES string of the molecule is C=Cc1cn(Cc2ccc(-n3cccn3)cc2)c2cccnc12. The number of pyridine rings is 1. The van der Waals surface area contributed by atoms with Gasteiger partial charge in [-0.2, -0.15) is 5.10 Å². The minimum atomic E-state index is 0.801. The number of aromatic nitrogens is 4. The maximum atomic E-state index is 4.46. The molecule has 0 aliphatic heterocycles. The first-order valence-corrected chi connectivity index (χ1v) is 7.50. The van der Waals surface area contributed by atoms with Crippen molar-refractivity contribution in [2.75, 3.05) is 0 Å². The summed E-state index contributed by atoms with van der Waals surface area (Å²) in [5.74, 6) is 0. The second kappa shape index (κ2) is 5.57. The van der Waals surface area contributed by atoms with Crippen LogP contribution < -0.4 is 0 Å². The van der Waals surface area contributed by atoms with Crippen molar-refractivity contribution in [3.05, 3.63) is 85.0 Å². The van der Waals surface area contributed by atoms with Gasteiger partial charge < -0.3 is 4.57 Å². The van der Waals surface area contributed by atoms with Gasteiger partial charge in [-0.3, -0.25) is 4.98 Å². The first-order chi connectivity index (χ1) is 11.3. The molecule has 4 rings (SSSR count). The Labute approximate surface area is 134 Å². The molecular formula is C19H16N4. The van der Waals surface area contributed by atoms with E-state index in [9.17, 15) is 0 Å². The molecule has 4 aromatic rings. The van der Waals surface area contributed by atoms with Crippen molar-refractivity contribution in [2.45, 2.75) is 6.54 Å². The summed E-state index contributed by atoms with van der Waals surface area (Å²) >= 11 is 0. The fourth-order valence-corrected chi connectivity index (χ4v) is 2.80. The molecule has 0 radical (unpaired) electrons. The summed E-state index contributed by atoms with van der Waals surface area (Å²) in [7, 11) is 0. The lowest BCUT2D eigenvalue weighted by molar-refractivity contribution is 0.831. The van der Waals surface area contributed by atoms with Crippen LogP contribution in [0.15, 0.2) is 73.8 Å². The second-order valence-electron chi connectivity index (χ2n) is 5.40. The lowest BCUT2D eigenvalue weighted by atomic mass is 10.2. The van der Waals surface area contributed by atoms with Crippen LogP contribution in [-0.2, 0) is 6.54 Å². The van der Waals surface area contributed by atoms with Crippen LogP contribution in [0, 0.1) is 0 Å². The Kier molecular flexibility index (Phi) is 3.27. The zero-order chi connectivity index (χ0) is 15.6. The third kappa shape index (κ3) is 2.44. The Morgan fingerprint density at radius 2 is 1.91 bits per heavy atom. The van der Waals surface area contributed by atoms with Gasteiger partial charge in [0.05, 0.1) is 16.7 Å². The van der Waals surface area contributed by atoms with Gasteiger partial charge in [0.1, 0.15) is 0 Å². The monoisotopic (exact) mass is 300 g/mol. The van der Waals surface area contributed by atoms with Crippen LogP contribution in [0.2, 0.25) is 0 Å². The van der Waals surface area contributed by atoms with Crippen LogP contribution in [0.4, 0.5) is 0 Å². The molecule has 4 nitrogen and oxygen atoms in total. The Morgan fingerprint density at radius 1 is 1.04 bits per heavy atom. The number of hydrogen-bond donors (Lipinski definition) is 0. The van der Waals surface area contributed by atoms with Gasteiger partial charge >= 0.3 is 0 Å². The molecule has 0 N–H and O–H groups in total. The number of hydrogen-bond acceptors (Lipinski definition) is 2. The molecule has 0 atom stereocenters. The number of benzene rings is 1. The van der Waals surface area contributed by atoms with E-state index in [1.165, 1.54) is 5.56 Å². The number of fused-ring (bicyclic) bond motifs is 1. The highest BCUT2D eigenvalue weighted by Crippen LogP contribution is 2.21. The summed E-state index contributed by atoms with van der Waals surface area (Å²) in [4.78, 5) is 4.46. The van der Waals surface area contributed by atoms with Crippen molar-refractivity contribution in [1.29, 1.82) is 0 Å². The highest BCUT2D eigenvalue weighted by molar-refractivity contribution is 5.85. The molecule has 0 saturated carbocycles. The van der Waals surface area contributed by atoms with Crippen molar-refractivity contribution in [1.82, 2.24) is 19.3 Å². The van der Waals surface area contributed by atoms with Gasteiger partial charge in [-0.25, -0.2) is 4.68 Å². The van der Waals surface area contributed by atoms with E-state index in [0.717, 1.165) is 28.8 Å². The van der Waals surface area contributed by atoms with Crippen LogP contribution in [0.25, 0.3) is 22.8 Å². The molecule has 0 saturated heterocycles. The Hall–Kier alpha value is -3.14. The van der Waals surface area contributed by atoms with Crippen molar-refractivity contribution in [2.24, 2.45) is 0 Å². The van der Waals surface area contributed by atoms with Crippen molar-refractivity contribution < 1.29 is 0 Å². The van der Waals surface area contributed by atoms with Crippen molar-refractivity contribution in [3.8, 4) is 5.69 Å². The Bertz CT molecular complexity index is 947. The first kappa shape index (κ1) is 13.5. The van der Waals surface area contributed by atoms with E-state index < -0.39 is 0 Å². The minimum absolute atomic E-state index is 0.801. The minimum Gasteiger partial charge on any atom is -0.341 e. The molecule has 0 bridgehead atoms. The van der Waals surface area contributed by atoms with Crippen molar-refractivity contribution >= 4 is 17.1 Å². The van der Waals surface area contributed by atoms with Crippen LogP contribution in [0.1, 0.15) is 11.1 Å². The zero-order valence-electron chi connectivity index (χ0n) is 12.6. The van der Waals surface area contributed by atoms with E-state index >= 15 is 0 Å². The molecule has 4 heteroatoms. The number of nitrogens with zero attached hydrogens (tertiary/aromatic N) is 4. The fourth-order valence-electron chi connectivity index (χ4n) is 2.80. The van der Waals surface area contributed by atoms with Crippen LogP contribution in [0.5, 0.6) is 0 Å². The van der Waals surface area contributed by atoms with E-state index in [4.69, 9.17) is 0 Å². The summed E-state index contributed by atoms with van der Waals surface area (Å²) in [5.41, 5.74) is 5.48. The number of rotatable bonds is 4. The van der Waals surface area contributed by atoms with Gasteiger partial charge in [-0.05, 0) is 35.9 Å². The van der Waals surface area contributed by atoms with E-state index in [1.54, 1.807) is 6.20 Å². The predicted octanol–water partition coefficient (Wildman–Crippen LogP) is 3.91. The molecule has 0 fully saturated rings. The van der Waals surface area contributed by atoms with Gasteiger partial charge in [-0.1, -0.05) is 24.8 Å². The van der Waals surface area contributed by atoms with Gasteiger partial charge in [-0.15, -0.1) is 0 Å². The zero-order valence-corrected chi connectivity index (χ0v) is 12.6. The lowest BCUT2D eigenvalue weighted by Crippen LogP contribution is -1.99. The topological polar surface area (TPSA) is 35.6 Å². The molecule has 0 amide bonds. The van der Waals surface area contributed by atoms with Gasteiger partial charge in [0.2, 0.25) is 0 Å². The van der Waals surface area contributed by atoms with E-state index in [0.29, 0.717) is 0 Å². The molecule has 0 aliphatic carbocycles. The summed E-state index contributed by atoms with van der Waals surface area (Å²) < 4.78 is 4.07. The Morgan fingerprint density at radius 3 is 2.65 bits per heavy atom. The van der Waals surface area contributed by atoms with Gasteiger partial charge in [0.25, 0.3) is 0 Å². The summed E-state index contributed by atoms with van der Waals surface area (Å²) in [6.45, 7) is 4.68. The smallest absolute Gasteiger partial charge is 0.0953 e. The maximum absolute atomic E-state index is 4.46. The standard InChI is InChI=1S/C19H16N4/c1-2-16-14-22(18-5-3-10-20-19(16)18)13-15-6-8-17(9-7-15)23-12-4-11-21-23/h2-12,14H,1,13H2. The summed E-state index contributed by atoms with van der Waals surface area (Å²) in [5, 5.41) is 4.25. The average molecular weight is 300 g/mol. The van der Waals surface area contributed by atoms with E-state index in [1.807, 2.05) is 35.3 Å². The third-order valence-electron chi connectivity index (χ3n) is 3.94. The highest BCUT2D eigenvalue weighted by Gasteiger charge is 2.07. The maximum Gasteiger partial charge on any atom is 0.0953 e. The normalized spacial score (nSPS) is 11.0. The molecule has 0 aliphatic rings. The lowest BCUT2D eigenvalue weighted by Gasteiger charge is -2.07. The highest BCUT2D eigenvalue weighted by atomic mass is 15.3. The van der Waals surface area contributed by atoms with Crippen LogP contribution >= 0.6 is 0 Å².